The summed E-state index contributed by atoms with van der Waals surface area (Å²) in [6.45, 7) is 4.83. The van der Waals surface area contributed by atoms with Crippen molar-refractivity contribution >= 4 is 28.8 Å². The number of benzene rings is 1. The zero-order chi connectivity index (χ0) is 19.1. The van der Waals surface area contributed by atoms with E-state index in [1.54, 1.807) is 6.20 Å². The fourth-order valence-corrected chi connectivity index (χ4v) is 2.43. The molecule has 0 radical (unpaired) electrons. The molecule has 7 heteroatoms. The maximum absolute atomic E-state index is 6.24. The summed E-state index contributed by atoms with van der Waals surface area (Å²) < 4.78 is 5.68. The lowest BCUT2D eigenvalue weighted by atomic mass is 10.3. The Kier molecular flexibility index (Phi) is 6.04. The van der Waals surface area contributed by atoms with Crippen molar-refractivity contribution in [2.24, 2.45) is 0 Å². The van der Waals surface area contributed by atoms with Crippen LogP contribution in [0.2, 0.25) is 0 Å². The van der Waals surface area contributed by atoms with E-state index in [1.165, 1.54) is 6.33 Å². The minimum absolute atomic E-state index is 0.422. The molecule has 27 heavy (non-hydrogen) atoms. The molecule has 4 N–H and O–H groups in total. The van der Waals surface area contributed by atoms with Crippen molar-refractivity contribution in [3.05, 3.63) is 54.5 Å². The second-order valence-electron chi connectivity index (χ2n) is 6.13. The van der Waals surface area contributed by atoms with E-state index in [0.717, 1.165) is 36.4 Å². The number of nitrogens with two attached hydrogens (primary N) is 1. The lowest BCUT2D eigenvalue weighted by Gasteiger charge is -2.13. The molecule has 2 heterocycles. The van der Waals surface area contributed by atoms with Gasteiger partial charge < -0.3 is 21.1 Å². The smallest absolute Gasteiger partial charge is 0.160 e. The number of aryl methyl sites for hydroxylation is 1. The summed E-state index contributed by atoms with van der Waals surface area (Å²) in [6.07, 6.45) is 5.33. The topological polar surface area (TPSA) is 98.0 Å². The van der Waals surface area contributed by atoms with Gasteiger partial charge in [0, 0.05) is 11.9 Å². The Labute approximate surface area is 159 Å². The molecule has 0 bridgehead atoms. The Bertz CT molecular complexity index is 882. The molecular formula is C20H24N6O. The fraction of sp³-hybridized carbons (Fsp3) is 0.250. The third kappa shape index (κ3) is 4.84. The van der Waals surface area contributed by atoms with E-state index in [1.807, 2.05) is 43.3 Å². The van der Waals surface area contributed by atoms with Gasteiger partial charge in [-0.05, 0) is 49.2 Å². The summed E-state index contributed by atoms with van der Waals surface area (Å²) in [5.74, 6) is 2.59. The first kappa shape index (κ1) is 18.4. The third-order valence-corrected chi connectivity index (χ3v) is 4.01. The number of unbranched alkanes of at least 4 members (excludes halogenated alkanes) is 1. The number of ether oxygens (including phenoxy) is 1. The zero-order valence-electron chi connectivity index (χ0n) is 15.6. The highest BCUT2D eigenvalue weighted by molar-refractivity contribution is 5.80. The minimum Gasteiger partial charge on any atom is -0.494 e. The van der Waals surface area contributed by atoms with E-state index in [0.29, 0.717) is 23.1 Å². The van der Waals surface area contributed by atoms with Crippen molar-refractivity contribution < 1.29 is 4.74 Å². The molecule has 3 rings (SSSR count). The average Bonchev–Trinajstić information content (AvgIpc) is 2.68. The maximum atomic E-state index is 6.24. The Balaban J connectivity index is 1.71. The standard InChI is InChI=1S/C20H24N6O/c1-3-4-12-27-16-9-7-15(8-10-16)25-19-17(21)20(24-13-23-19)26-18-14(2)6-5-11-22-18/h5-11,13H,3-4,12,21H2,1-2H3,(H2,22,23,24,25,26). The van der Waals surface area contributed by atoms with E-state index < -0.39 is 0 Å². The van der Waals surface area contributed by atoms with Crippen LogP contribution in [0.5, 0.6) is 5.75 Å². The molecule has 0 aliphatic rings. The molecule has 0 amide bonds. The van der Waals surface area contributed by atoms with Crippen LogP contribution >= 0.6 is 0 Å². The molecular weight excluding hydrogens is 340 g/mol. The second kappa shape index (κ2) is 8.84. The van der Waals surface area contributed by atoms with Crippen LogP contribution in [0, 0.1) is 6.92 Å². The summed E-state index contributed by atoms with van der Waals surface area (Å²) in [5.41, 5.74) is 8.53. The molecule has 0 unspecified atom stereocenters. The quantitative estimate of drug-likeness (QED) is 0.509. The number of hydrogen-bond acceptors (Lipinski definition) is 7. The molecule has 140 valence electrons. The summed E-state index contributed by atoms with van der Waals surface area (Å²) >= 11 is 0. The summed E-state index contributed by atoms with van der Waals surface area (Å²) in [6, 6.07) is 11.6. The van der Waals surface area contributed by atoms with Crippen LogP contribution in [0.25, 0.3) is 0 Å². The number of aromatic nitrogens is 3. The van der Waals surface area contributed by atoms with Crippen molar-refractivity contribution in [1.82, 2.24) is 15.0 Å². The molecule has 0 fully saturated rings. The van der Waals surface area contributed by atoms with Gasteiger partial charge in [0.05, 0.1) is 6.61 Å². The number of anilines is 5. The molecule has 0 aliphatic heterocycles. The average molecular weight is 364 g/mol. The van der Waals surface area contributed by atoms with Gasteiger partial charge in [-0.1, -0.05) is 19.4 Å². The number of pyridine rings is 1. The highest BCUT2D eigenvalue weighted by Gasteiger charge is 2.10. The normalized spacial score (nSPS) is 10.4. The van der Waals surface area contributed by atoms with E-state index in [-0.39, 0.29) is 0 Å². The third-order valence-electron chi connectivity index (χ3n) is 4.01. The monoisotopic (exact) mass is 364 g/mol. The summed E-state index contributed by atoms with van der Waals surface area (Å²) in [4.78, 5) is 12.8. The van der Waals surface area contributed by atoms with Gasteiger partial charge in [0.15, 0.2) is 11.6 Å². The lowest BCUT2D eigenvalue weighted by Crippen LogP contribution is -2.06. The number of rotatable bonds is 8. The molecule has 0 atom stereocenters. The molecule has 0 saturated heterocycles. The first-order valence-corrected chi connectivity index (χ1v) is 8.96. The number of nitrogens with zero attached hydrogens (tertiary/aromatic N) is 3. The highest BCUT2D eigenvalue weighted by atomic mass is 16.5. The van der Waals surface area contributed by atoms with Gasteiger partial charge >= 0.3 is 0 Å². The SMILES string of the molecule is CCCCOc1ccc(Nc2ncnc(Nc3ncccc3C)c2N)cc1. The molecule has 1 aromatic carbocycles. The number of nitrogen functional groups attached to an aromatic ring is 1. The maximum Gasteiger partial charge on any atom is 0.160 e. The first-order chi connectivity index (χ1) is 13.2. The molecule has 7 nitrogen and oxygen atoms in total. The van der Waals surface area contributed by atoms with Crippen LogP contribution in [0.4, 0.5) is 28.8 Å². The molecule has 0 saturated carbocycles. The second-order valence-corrected chi connectivity index (χ2v) is 6.13. The predicted octanol–water partition coefficient (Wildman–Crippen LogP) is 4.43. The van der Waals surface area contributed by atoms with Crippen LogP contribution in [-0.4, -0.2) is 21.6 Å². The van der Waals surface area contributed by atoms with Gasteiger partial charge in [-0.2, -0.15) is 0 Å². The first-order valence-electron chi connectivity index (χ1n) is 8.96. The summed E-state index contributed by atoms with van der Waals surface area (Å²) in [5, 5.41) is 6.37. The Morgan fingerprint density at radius 3 is 2.41 bits per heavy atom. The predicted molar refractivity (Wildman–Crippen MR) is 109 cm³/mol. The van der Waals surface area contributed by atoms with Crippen molar-refractivity contribution in [2.75, 3.05) is 23.0 Å². The van der Waals surface area contributed by atoms with Crippen molar-refractivity contribution in [1.29, 1.82) is 0 Å². The number of hydrogen-bond donors (Lipinski definition) is 3. The van der Waals surface area contributed by atoms with Crippen LogP contribution in [0.1, 0.15) is 25.3 Å². The highest BCUT2D eigenvalue weighted by Crippen LogP contribution is 2.28. The lowest BCUT2D eigenvalue weighted by molar-refractivity contribution is 0.309. The van der Waals surface area contributed by atoms with Gasteiger partial charge in [-0.15, -0.1) is 0 Å². The zero-order valence-corrected chi connectivity index (χ0v) is 15.6. The van der Waals surface area contributed by atoms with E-state index >= 15 is 0 Å². The molecule has 2 aromatic heterocycles. The van der Waals surface area contributed by atoms with Crippen LogP contribution in [-0.2, 0) is 0 Å². The number of nitrogens with one attached hydrogen (secondary N) is 2. The van der Waals surface area contributed by atoms with Gasteiger partial charge in [-0.25, -0.2) is 15.0 Å². The van der Waals surface area contributed by atoms with Crippen LogP contribution in [0.15, 0.2) is 48.9 Å². The van der Waals surface area contributed by atoms with Gasteiger partial charge in [0.25, 0.3) is 0 Å². The molecule has 3 aromatic rings. The van der Waals surface area contributed by atoms with Crippen LogP contribution < -0.4 is 21.1 Å². The van der Waals surface area contributed by atoms with Crippen molar-refractivity contribution in [3.63, 3.8) is 0 Å². The van der Waals surface area contributed by atoms with Gasteiger partial charge in [0.1, 0.15) is 23.6 Å². The summed E-state index contributed by atoms with van der Waals surface area (Å²) in [7, 11) is 0. The Morgan fingerprint density at radius 1 is 0.963 bits per heavy atom. The fourth-order valence-electron chi connectivity index (χ4n) is 2.43. The van der Waals surface area contributed by atoms with Crippen LogP contribution in [0.3, 0.4) is 0 Å². The Morgan fingerprint density at radius 2 is 1.70 bits per heavy atom. The van der Waals surface area contributed by atoms with Crippen molar-refractivity contribution in [2.45, 2.75) is 26.7 Å². The molecule has 0 spiro atoms. The minimum atomic E-state index is 0.422. The van der Waals surface area contributed by atoms with Gasteiger partial charge in [0.2, 0.25) is 0 Å². The van der Waals surface area contributed by atoms with Crippen molar-refractivity contribution in [3.8, 4) is 5.75 Å². The van der Waals surface area contributed by atoms with Gasteiger partial charge in [-0.3, -0.25) is 0 Å². The largest absolute Gasteiger partial charge is 0.494 e. The molecule has 0 aliphatic carbocycles. The van der Waals surface area contributed by atoms with E-state index in [2.05, 4.69) is 32.5 Å². The Hall–Kier alpha value is -3.35. The van der Waals surface area contributed by atoms with E-state index in [4.69, 9.17) is 10.5 Å². The van der Waals surface area contributed by atoms with E-state index in [9.17, 15) is 0 Å².